The molecular formula is C21H34N6S2. The highest BCUT2D eigenvalue weighted by Gasteiger charge is 2.59. The molecule has 0 aromatic carbocycles. The molecule has 6 nitrogen and oxygen atoms in total. The Balaban J connectivity index is 1.51. The van der Waals surface area contributed by atoms with E-state index in [1.165, 1.54) is 49.9 Å². The molecule has 160 valence electrons. The van der Waals surface area contributed by atoms with Crippen LogP contribution in [0.4, 0.5) is 0 Å². The summed E-state index contributed by atoms with van der Waals surface area (Å²) < 4.78 is 0. The maximum Gasteiger partial charge on any atom is 0.184 e. The highest BCUT2D eigenvalue weighted by atomic mass is 32.1. The van der Waals surface area contributed by atoms with Crippen LogP contribution in [0.15, 0.2) is 10.2 Å². The molecule has 4 rings (SSSR count). The average molecular weight is 435 g/mol. The van der Waals surface area contributed by atoms with Crippen LogP contribution in [-0.2, 0) is 0 Å². The highest BCUT2D eigenvalue weighted by molar-refractivity contribution is 7.80. The van der Waals surface area contributed by atoms with E-state index in [2.05, 4.69) is 34.9 Å². The van der Waals surface area contributed by atoms with Crippen LogP contribution in [0, 0.1) is 34.5 Å². The molecule has 8 heteroatoms. The zero-order valence-electron chi connectivity index (χ0n) is 17.5. The van der Waals surface area contributed by atoms with Crippen molar-refractivity contribution in [2.24, 2.45) is 56.2 Å². The van der Waals surface area contributed by atoms with Gasteiger partial charge in [-0.3, -0.25) is 10.9 Å². The van der Waals surface area contributed by atoms with Gasteiger partial charge in [0.25, 0.3) is 0 Å². The standard InChI is InChI=1S/C21H34N6S2/c1-20-9-7-13(24-26-18(22)28)11-12(20)3-4-14-15-5-6-17(25-27-19(23)29)21(15,2)10-8-16(14)20/h12,14-16H,3-11H2,1-2H3,(H3,22,26,28)(H3,23,27,29)/b24-13+,25-17-/t12-,14-,15-,16-,20-,21-/m0/s1. The summed E-state index contributed by atoms with van der Waals surface area (Å²) in [5.74, 6) is 3.07. The topological polar surface area (TPSA) is 101 Å². The van der Waals surface area contributed by atoms with E-state index < -0.39 is 0 Å². The lowest BCUT2D eigenvalue weighted by Crippen LogP contribution is -2.53. The zero-order valence-corrected chi connectivity index (χ0v) is 19.2. The summed E-state index contributed by atoms with van der Waals surface area (Å²) >= 11 is 9.86. The van der Waals surface area contributed by atoms with Crippen LogP contribution < -0.4 is 22.3 Å². The normalized spacial score (nSPS) is 43.9. The van der Waals surface area contributed by atoms with Crippen LogP contribution in [0.2, 0.25) is 0 Å². The fraction of sp³-hybridized carbons (Fsp3) is 0.810. The number of thiocarbonyl (C=S) groups is 2. The summed E-state index contributed by atoms with van der Waals surface area (Å²) in [6.45, 7) is 5.00. The molecule has 29 heavy (non-hydrogen) atoms. The maximum absolute atomic E-state index is 5.61. The number of hydrazone groups is 2. The van der Waals surface area contributed by atoms with Crippen LogP contribution in [0.5, 0.6) is 0 Å². The Labute approximate surface area is 184 Å². The van der Waals surface area contributed by atoms with E-state index in [1.807, 2.05) is 0 Å². The van der Waals surface area contributed by atoms with Crippen molar-refractivity contribution in [3.63, 3.8) is 0 Å². The summed E-state index contributed by atoms with van der Waals surface area (Å²) in [6, 6.07) is 0. The highest BCUT2D eigenvalue weighted by Crippen LogP contribution is 2.65. The molecule has 4 fully saturated rings. The molecule has 0 aromatic rings. The Hall–Kier alpha value is -1.28. The van der Waals surface area contributed by atoms with Gasteiger partial charge >= 0.3 is 0 Å². The van der Waals surface area contributed by atoms with Gasteiger partial charge in [-0.2, -0.15) is 10.2 Å². The molecular weight excluding hydrogens is 400 g/mol. The lowest BCUT2D eigenvalue weighted by Gasteiger charge is -2.59. The van der Waals surface area contributed by atoms with Gasteiger partial charge in [-0.05, 0) is 111 Å². The smallest absolute Gasteiger partial charge is 0.184 e. The summed E-state index contributed by atoms with van der Waals surface area (Å²) in [7, 11) is 0. The summed E-state index contributed by atoms with van der Waals surface area (Å²) in [4.78, 5) is 0. The lowest BCUT2D eigenvalue weighted by atomic mass is 9.45. The molecule has 6 N–H and O–H groups in total. The molecule has 0 saturated heterocycles. The first-order valence-corrected chi connectivity index (χ1v) is 11.8. The average Bonchev–Trinajstić information content (AvgIpc) is 3.01. The van der Waals surface area contributed by atoms with Gasteiger partial charge in [0.15, 0.2) is 10.2 Å². The molecule has 0 amide bonds. The second-order valence-electron chi connectivity index (χ2n) is 10.0. The van der Waals surface area contributed by atoms with E-state index in [-0.39, 0.29) is 15.6 Å². The van der Waals surface area contributed by atoms with E-state index >= 15 is 0 Å². The summed E-state index contributed by atoms with van der Waals surface area (Å²) in [5.41, 5.74) is 20.0. The van der Waals surface area contributed by atoms with Crippen molar-refractivity contribution in [2.45, 2.75) is 71.6 Å². The number of nitrogens with one attached hydrogen (secondary N) is 2. The fourth-order valence-electron chi connectivity index (χ4n) is 7.39. The van der Waals surface area contributed by atoms with Gasteiger partial charge in [-0.25, -0.2) is 0 Å². The molecule has 0 spiro atoms. The third-order valence-electron chi connectivity index (χ3n) is 8.87. The minimum absolute atomic E-state index is 0.199. The van der Waals surface area contributed by atoms with Crippen LogP contribution >= 0.6 is 24.4 Å². The molecule has 4 aliphatic rings. The predicted molar refractivity (Wildman–Crippen MR) is 126 cm³/mol. The Morgan fingerprint density at radius 2 is 1.66 bits per heavy atom. The number of nitrogens with two attached hydrogens (primary N) is 2. The number of hydrogen-bond acceptors (Lipinski definition) is 4. The lowest BCUT2D eigenvalue weighted by molar-refractivity contribution is -0.0815. The monoisotopic (exact) mass is 434 g/mol. The minimum Gasteiger partial charge on any atom is -0.375 e. The van der Waals surface area contributed by atoms with Gasteiger partial charge in [0, 0.05) is 16.8 Å². The van der Waals surface area contributed by atoms with E-state index in [9.17, 15) is 0 Å². The third kappa shape index (κ3) is 3.67. The van der Waals surface area contributed by atoms with E-state index in [4.69, 9.17) is 35.9 Å². The van der Waals surface area contributed by atoms with Crippen LogP contribution in [0.3, 0.4) is 0 Å². The molecule has 0 aliphatic heterocycles. The summed E-state index contributed by atoms with van der Waals surface area (Å²) in [5, 5.41) is 9.61. The number of fused-ring (bicyclic) bond motifs is 5. The second-order valence-corrected chi connectivity index (χ2v) is 10.9. The largest absolute Gasteiger partial charge is 0.375 e. The molecule has 0 bridgehead atoms. The van der Waals surface area contributed by atoms with E-state index in [0.717, 1.165) is 42.9 Å². The zero-order chi connectivity index (χ0) is 20.8. The van der Waals surface area contributed by atoms with E-state index in [0.29, 0.717) is 5.41 Å². The van der Waals surface area contributed by atoms with Gasteiger partial charge in [0.05, 0.1) is 0 Å². The number of nitrogens with zero attached hydrogens (tertiary/aromatic N) is 2. The Bertz CT molecular complexity index is 764. The quantitative estimate of drug-likeness (QED) is 0.392. The van der Waals surface area contributed by atoms with Crippen LogP contribution in [0.25, 0.3) is 0 Å². The van der Waals surface area contributed by atoms with E-state index in [1.54, 1.807) is 0 Å². The van der Waals surface area contributed by atoms with Crippen molar-refractivity contribution >= 4 is 46.1 Å². The van der Waals surface area contributed by atoms with Crippen molar-refractivity contribution in [3.05, 3.63) is 0 Å². The first-order valence-electron chi connectivity index (χ1n) is 11.0. The first kappa shape index (κ1) is 21.0. The van der Waals surface area contributed by atoms with Crippen molar-refractivity contribution in [3.8, 4) is 0 Å². The Morgan fingerprint density at radius 3 is 2.38 bits per heavy atom. The SMILES string of the molecule is C[C@]12CC/C(=N\NC(N)=S)C[C@@H]1CC[C@@H]1[C@@H]2CC[C@]2(C)/C(=N\NC(N)=S)CC[C@@H]12. The van der Waals surface area contributed by atoms with Gasteiger partial charge in [-0.15, -0.1) is 0 Å². The van der Waals surface area contributed by atoms with Crippen molar-refractivity contribution in [2.75, 3.05) is 0 Å². The first-order chi connectivity index (χ1) is 13.7. The molecule has 4 saturated carbocycles. The molecule has 6 atom stereocenters. The fourth-order valence-corrected chi connectivity index (χ4v) is 7.48. The second kappa shape index (κ2) is 7.76. The summed E-state index contributed by atoms with van der Waals surface area (Å²) in [6.07, 6.45) is 10.8. The predicted octanol–water partition coefficient (Wildman–Crippen LogP) is 3.41. The Kier molecular flexibility index (Phi) is 5.61. The molecule has 4 aliphatic carbocycles. The van der Waals surface area contributed by atoms with Gasteiger partial charge < -0.3 is 11.5 Å². The third-order valence-corrected chi connectivity index (χ3v) is 9.05. The van der Waals surface area contributed by atoms with Crippen molar-refractivity contribution in [1.82, 2.24) is 10.9 Å². The molecule has 0 radical (unpaired) electrons. The molecule has 0 aromatic heterocycles. The van der Waals surface area contributed by atoms with Crippen molar-refractivity contribution in [1.29, 1.82) is 0 Å². The number of rotatable bonds is 2. The van der Waals surface area contributed by atoms with Gasteiger partial charge in [0.2, 0.25) is 0 Å². The molecule has 0 unspecified atom stereocenters. The van der Waals surface area contributed by atoms with Crippen LogP contribution in [-0.4, -0.2) is 21.6 Å². The van der Waals surface area contributed by atoms with Gasteiger partial charge in [0.1, 0.15) is 0 Å². The minimum atomic E-state index is 0.199. The van der Waals surface area contributed by atoms with Crippen LogP contribution in [0.1, 0.15) is 71.6 Å². The number of hydrogen-bond donors (Lipinski definition) is 4. The Morgan fingerprint density at radius 1 is 0.931 bits per heavy atom. The molecule has 0 heterocycles. The van der Waals surface area contributed by atoms with Crippen molar-refractivity contribution < 1.29 is 0 Å². The van der Waals surface area contributed by atoms with Gasteiger partial charge in [-0.1, -0.05) is 13.8 Å². The maximum atomic E-state index is 5.61.